The summed E-state index contributed by atoms with van der Waals surface area (Å²) in [6, 6.07) is 11.3. The molecule has 11 heteroatoms. The number of aryl methyl sites for hydroxylation is 1. The molecule has 3 aromatic rings. The number of benzene rings is 2. The van der Waals surface area contributed by atoms with Gasteiger partial charge in [0.2, 0.25) is 5.91 Å². The number of hydrogen-bond donors (Lipinski definition) is 4. The third-order valence-electron chi connectivity index (χ3n) is 4.57. The molecular formula is C23H22N4O6S. The SMILES string of the molecule is COc1ccccc1C(=O)c1cc(C)ccc1NC(=O)Nc1ncc(CC(=O)NCC(=O)O)s1. The number of hydrogen-bond acceptors (Lipinski definition) is 7. The van der Waals surface area contributed by atoms with E-state index in [0.717, 1.165) is 16.9 Å². The summed E-state index contributed by atoms with van der Waals surface area (Å²) in [5.74, 6) is -1.50. The average Bonchev–Trinajstić information content (AvgIpc) is 3.24. The zero-order valence-electron chi connectivity index (χ0n) is 18.4. The van der Waals surface area contributed by atoms with Crippen LogP contribution >= 0.6 is 11.3 Å². The lowest BCUT2D eigenvalue weighted by Gasteiger charge is -2.13. The van der Waals surface area contributed by atoms with E-state index in [2.05, 4.69) is 20.9 Å². The van der Waals surface area contributed by atoms with Gasteiger partial charge in [0.1, 0.15) is 12.3 Å². The van der Waals surface area contributed by atoms with Gasteiger partial charge in [0.15, 0.2) is 10.9 Å². The molecule has 1 aromatic heterocycles. The lowest BCUT2D eigenvalue weighted by Crippen LogP contribution is -2.30. The van der Waals surface area contributed by atoms with Crippen molar-refractivity contribution in [3.05, 3.63) is 70.2 Å². The minimum Gasteiger partial charge on any atom is -0.496 e. The number of methoxy groups -OCH3 is 1. The highest BCUT2D eigenvalue weighted by atomic mass is 32.1. The Morgan fingerprint density at radius 3 is 2.56 bits per heavy atom. The maximum Gasteiger partial charge on any atom is 0.325 e. The number of amides is 3. The van der Waals surface area contributed by atoms with Crippen LogP contribution in [0.2, 0.25) is 0 Å². The number of anilines is 2. The molecule has 0 bridgehead atoms. The number of thiazole rings is 1. The number of rotatable bonds is 9. The summed E-state index contributed by atoms with van der Waals surface area (Å²) in [6.45, 7) is 1.37. The van der Waals surface area contributed by atoms with E-state index in [9.17, 15) is 19.2 Å². The first-order valence-corrected chi connectivity index (χ1v) is 10.9. The van der Waals surface area contributed by atoms with Gasteiger partial charge in [0, 0.05) is 16.6 Å². The second kappa shape index (κ2) is 11.1. The van der Waals surface area contributed by atoms with Crippen LogP contribution in [0.1, 0.15) is 26.4 Å². The molecule has 0 unspecified atom stereocenters. The van der Waals surface area contributed by atoms with Crippen LogP contribution in [0.3, 0.4) is 0 Å². The zero-order chi connectivity index (χ0) is 24.7. The Hall–Kier alpha value is -4.25. The van der Waals surface area contributed by atoms with Gasteiger partial charge in [-0.15, -0.1) is 11.3 Å². The minimum atomic E-state index is -1.14. The number of nitrogens with one attached hydrogen (secondary N) is 3. The normalized spacial score (nSPS) is 10.3. The first-order valence-electron chi connectivity index (χ1n) is 10.1. The van der Waals surface area contributed by atoms with E-state index < -0.39 is 24.5 Å². The minimum absolute atomic E-state index is 0.0657. The van der Waals surface area contributed by atoms with Crippen molar-refractivity contribution in [1.82, 2.24) is 10.3 Å². The van der Waals surface area contributed by atoms with Gasteiger partial charge in [0.05, 0.1) is 24.8 Å². The number of urea groups is 1. The Kier molecular flexibility index (Phi) is 7.93. The van der Waals surface area contributed by atoms with Crippen LogP contribution in [-0.4, -0.2) is 47.4 Å². The van der Waals surface area contributed by atoms with Gasteiger partial charge in [-0.05, 0) is 31.2 Å². The summed E-state index contributed by atoms with van der Waals surface area (Å²) in [6.07, 6.45) is 1.35. The molecule has 176 valence electrons. The van der Waals surface area contributed by atoms with Gasteiger partial charge < -0.3 is 20.5 Å². The van der Waals surface area contributed by atoms with Crippen molar-refractivity contribution in [2.75, 3.05) is 24.3 Å². The largest absolute Gasteiger partial charge is 0.496 e. The number of ether oxygens (including phenoxy) is 1. The van der Waals surface area contributed by atoms with Crippen LogP contribution < -0.4 is 20.7 Å². The highest BCUT2D eigenvalue weighted by Gasteiger charge is 2.19. The first-order chi connectivity index (χ1) is 16.3. The summed E-state index contributed by atoms with van der Waals surface area (Å²) in [4.78, 5) is 52.6. The zero-order valence-corrected chi connectivity index (χ0v) is 19.2. The fourth-order valence-electron chi connectivity index (χ4n) is 3.02. The van der Waals surface area contributed by atoms with Crippen LogP contribution in [-0.2, 0) is 16.0 Å². The van der Waals surface area contributed by atoms with E-state index in [1.54, 1.807) is 42.5 Å². The smallest absolute Gasteiger partial charge is 0.325 e. The topological polar surface area (TPSA) is 147 Å². The van der Waals surface area contributed by atoms with Gasteiger partial charge >= 0.3 is 12.0 Å². The number of carbonyl (C=O) groups excluding carboxylic acids is 3. The van der Waals surface area contributed by atoms with Gasteiger partial charge in [-0.3, -0.25) is 19.7 Å². The molecule has 3 amide bonds. The first kappa shape index (κ1) is 24.4. The molecule has 0 radical (unpaired) electrons. The van der Waals surface area contributed by atoms with E-state index in [0.29, 0.717) is 27.4 Å². The molecule has 1 heterocycles. The Morgan fingerprint density at radius 1 is 1.06 bits per heavy atom. The van der Waals surface area contributed by atoms with E-state index in [4.69, 9.17) is 9.84 Å². The molecule has 0 aliphatic heterocycles. The van der Waals surface area contributed by atoms with Gasteiger partial charge in [0.25, 0.3) is 0 Å². The third-order valence-corrected chi connectivity index (χ3v) is 5.48. The fraction of sp³-hybridized carbons (Fsp3) is 0.174. The number of carboxylic acids is 1. The summed E-state index contributed by atoms with van der Waals surface area (Å²) >= 11 is 1.07. The molecular weight excluding hydrogens is 460 g/mol. The van der Waals surface area contributed by atoms with Crippen molar-refractivity contribution < 1.29 is 29.0 Å². The highest BCUT2D eigenvalue weighted by molar-refractivity contribution is 7.15. The van der Waals surface area contributed by atoms with E-state index >= 15 is 0 Å². The third kappa shape index (κ3) is 6.39. The number of carboxylic acid groups (broad SMARTS) is 1. The molecule has 34 heavy (non-hydrogen) atoms. The molecule has 0 atom stereocenters. The summed E-state index contributed by atoms with van der Waals surface area (Å²) in [5, 5.41) is 16.3. The van der Waals surface area contributed by atoms with Crippen LogP contribution in [0, 0.1) is 6.92 Å². The summed E-state index contributed by atoms with van der Waals surface area (Å²) < 4.78 is 5.29. The number of para-hydroxylation sites is 1. The molecule has 10 nitrogen and oxygen atoms in total. The van der Waals surface area contributed by atoms with Crippen molar-refractivity contribution in [3.8, 4) is 5.75 Å². The second-order valence-corrected chi connectivity index (χ2v) is 8.25. The number of aliphatic carboxylic acids is 1. The Labute approximate surface area is 199 Å². The van der Waals surface area contributed by atoms with Crippen molar-refractivity contribution in [3.63, 3.8) is 0 Å². The molecule has 0 aliphatic rings. The standard InChI is InChI=1S/C23H22N4O6S/c1-13-7-8-17(16(9-13)21(31)15-5-3-4-6-18(15)33-2)26-22(32)27-23-25-11-14(34-23)10-19(28)24-12-20(29)30/h3-9,11H,10,12H2,1-2H3,(H,24,28)(H,29,30)(H2,25,26,27,32). The Bertz CT molecular complexity index is 1240. The predicted octanol–water partition coefficient (Wildman–Crippen LogP) is 3.08. The summed E-state index contributed by atoms with van der Waals surface area (Å²) in [5.41, 5.74) is 1.82. The number of aromatic nitrogens is 1. The molecule has 2 aromatic carbocycles. The van der Waals surface area contributed by atoms with Crippen molar-refractivity contribution in [2.45, 2.75) is 13.3 Å². The lowest BCUT2D eigenvalue weighted by molar-refractivity contribution is -0.137. The maximum absolute atomic E-state index is 13.2. The van der Waals surface area contributed by atoms with E-state index in [-0.39, 0.29) is 17.3 Å². The van der Waals surface area contributed by atoms with Crippen molar-refractivity contribution in [2.24, 2.45) is 0 Å². The molecule has 4 N–H and O–H groups in total. The second-order valence-electron chi connectivity index (χ2n) is 7.14. The molecule has 3 rings (SSSR count). The van der Waals surface area contributed by atoms with Gasteiger partial charge in [-0.2, -0.15) is 0 Å². The average molecular weight is 483 g/mol. The van der Waals surface area contributed by atoms with Crippen LogP contribution in [0.5, 0.6) is 5.75 Å². The fourth-order valence-corrected chi connectivity index (χ4v) is 3.83. The van der Waals surface area contributed by atoms with Crippen LogP contribution in [0.4, 0.5) is 15.6 Å². The van der Waals surface area contributed by atoms with Gasteiger partial charge in [-0.1, -0.05) is 23.8 Å². The molecule has 0 spiro atoms. The molecule has 0 saturated heterocycles. The van der Waals surface area contributed by atoms with Crippen molar-refractivity contribution >= 4 is 45.8 Å². The molecule has 0 aliphatic carbocycles. The monoisotopic (exact) mass is 482 g/mol. The number of nitrogens with zero attached hydrogens (tertiary/aromatic N) is 1. The Balaban J connectivity index is 1.70. The van der Waals surface area contributed by atoms with Crippen LogP contribution in [0.15, 0.2) is 48.7 Å². The van der Waals surface area contributed by atoms with Crippen molar-refractivity contribution in [1.29, 1.82) is 0 Å². The molecule has 0 fully saturated rings. The predicted molar refractivity (Wildman–Crippen MR) is 127 cm³/mol. The van der Waals surface area contributed by atoms with Gasteiger partial charge in [-0.25, -0.2) is 9.78 Å². The van der Waals surface area contributed by atoms with Crippen LogP contribution in [0.25, 0.3) is 0 Å². The molecule has 0 saturated carbocycles. The van der Waals surface area contributed by atoms with E-state index in [1.165, 1.54) is 13.3 Å². The summed E-state index contributed by atoms with van der Waals surface area (Å²) in [7, 11) is 1.48. The number of ketones is 1. The highest BCUT2D eigenvalue weighted by Crippen LogP contribution is 2.26. The Morgan fingerprint density at radius 2 is 1.82 bits per heavy atom. The quantitative estimate of drug-likeness (QED) is 0.343. The lowest BCUT2D eigenvalue weighted by atomic mass is 9.99. The number of carbonyl (C=O) groups is 4. The maximum atomic E-state index is 13.2. The van der Waals surface area contributed by atoms with E-state index in [1.807, 2.05) is 6.92 Å².